The van der Waals surface area contributed by atoms with Crippen molar-refractivity contribution < 1.29 is 22.4 Å². The molecule has 40 heavy (non-hydrogen) atoms. The Balaban J connectivity index is 2.08. The first-order valence-corrected chi connectivity index (χ1v) is 14.6. The number of benzene rings is 3. The van der Waals surface area contributed by atoms with Crippen LogP contribution in [0.3, 0.4) is 0 Å². The summed E-state index contributed by atoms with van der Waals surface area (Å²) in [5, 5.41) is 3.17. The number of hydrogen-bond acceptors (Lipinski definition) is 4. The van der Waals surface area contributed by atoms with E-state index in [2.05, 4.69) is 5.32 Å². The van der Waals surface area contributed by atoms with Crippen LogP contribution in [0.1, 0.15) is 44.4 Å². The van der Waals surface area contributed by atoms with Crippen molar-refractivity contribution in [2.75, 3.05) is 10.8 Å². The van der Waals surface area contributed by atoms with Gasteiger partial charge in [0.25, 0.3) is 10.0 Å². The lowest BCUT2D eigenvalue weighted by atomic mass is 10.1. The van der Waals surface area contributed by atoms with Crippen molar-refractivity contribution in [2.24, 2.45) is 0 Å². The zero-order valence-corrected chi connectivity index (χ0v) is 25.1. The molecule has 0 aromatic heterocycles. The monoisotopic (exact) mass is 587 g/mol. The van der Waals surface area contributed by atoms with Crippen molar-refractivity contribution in [3.8, 4) is 0 Å². The number of anilines is 1. The van der Waals surface area contributed by atoms with Gasteiger partial charge in [-0.05, 0) is 77.4 Å². The summed E-state index contributed by atoms with van der Waals surface area (Å²) in [6.07, 6.45) is 0. The predicted octanol–water partition coefficient (Wildman–Crippen LogP) is 5.62. The van der Waals surface area contributed by atoms with E-state index in [1.54, 1.807) is 58.0 Å². The second-order valence-electron chi connectivity index (χ2n) is 10.8. The van der Waals surface area contributed by atoms with Gasteiger partial charge in [0, 0.05) is 22.7 Å². The maximum Gasteiger partial charge on any atom is 0.264 e. The van der Waals surface area contributed by atoms with Gasteiger partial charge in [0.2, 0.25) is 11.8 Å². The van der Waals surface area contributed by atoms with Gasteiger partial charge < -0.3 is 10.2 Å². The highest BCUT2D eigenvalue weighted by Crippen LogP contribution is 2.29. The second-order valence-corrected chi connectivity index (χ2v) is 13.1. The number of halogens is 2. The number of rotatable bonds is 9. The van der Waals surface area contributed by atoms with Crippen molar-refractivity contribution in [1.82, 2.24) is 10.2 Å². The van der Waals surface area contributed by atoms with Gasteiger partial charge in [-0.3, -0.25) is 13.9 Å². The lowest BCUT2D eigenvalue weighted by Crippen LogP contribution is -2.54. The minimum atomic E-state index is -4.23. The van der Waals surface area contributed by atoms with Gasteiger partial charge in [-0.1, -0.05) is 53.6 Å². The van der Waals surface area contributed by atoms with Crippen LogP contribution in [-0.2, 0) is 26.2 Å². The van der Waals surface area contributed by atoms with Gasteiger partial charge in [-0.15, -0.1) is 0 Å². The van der Waals surface area contributed by atoms with Crippen molar-refractivity contribution in [3.05, 3.63) is 94.3 Å². The van der Waals surface area contributed by atoms with E-state index in [0.29, 0.717) is 5.02 Å². The highest BCUT2D eigenvalue weighted by atomic mass is 35.5. The fraction of sp³-hybridized carbons (Fsp3) is 0.333. The molecule has 2 amide bonds. The first-order chi connectivity index (χ1) is 18.6. The molecule has 214 valence electrons. The van der Waals surface area contributed by atoms with Gasteiger partial charge in [-0.25, -0.2) is 12.8 Å². The quantitative estimate of drug-likeness (QED) is 0.352. The van der Waals surface area contributed by atoms with Crippen molar-refractivity contribution in [2.45, 2.75) is 64.6 Å². The summed E-state index contributed by atoms with van der Waals surface area (Å²) in [5.41, 5.74) is 1.39. The van der Waals surface area contributed by atoms with Crippen LogP contribution in [-0.4, -0.2) is 43.3 Å². The Bertz CT molecular complexity index is 1490. The van der Waals surface area contributed by atoms with Crippen LogP contribution in [0.25, 0.3) is 0 Å². The molecule has 1 unspecified atom stereocenters. The molecule has 0 bridgehead atoms. The average Bonchev–Trinajstić information content (AvgIpc) is 2.87. The topological polar surface area (TPSA) is 86.8 Å². The summed E-state index contributed by atoms with van der Waals surface area (Å²) in [6.45, 7) is 9.67. The summed E-state index contributed by atoms with van der Waals surface area (Å²) in [5.74, 6) is -1.69. The van der Waals surface area contributed by atoms with Crippen LogP contribution in [0.5, 0.6) is 0 Å². The molecular weight excluding hydrogens is 553 g/mol. The van der Waals surface area contributed by atoms with Gasteiger partial charge >= 0.3 is 0 Å². The zero-order valence-electron chi connectivity index (χ0n) is 23.5. The SMILES string of the molecule is Cc1ccc(S(=O)(=O)N(CC(=O)N(Cc2ccccc2F)C(C)C(=O)NC(C)(C)C)c2ccc(C)c(Cl)c2)cc1. The fourth-order valence-electron chi connectivity index (χ4n) is 3.97. The predicted molar refractivity (Wildman–Crippen MR) is 156 cm³/mol. The number of sulfonamides is 1. The third-order valence-corrected chi connectivity index (χ3v) is 8.49. The van der Waals surface area contributed by atoms with Gasteiger partial charge in [0.1, 0.15) is 18.4 Å². The Morgan fingerprint density at radius 1 is 1.00 bits per heavy atom. The number of hydrogen-bond donors (Lipinski definition) is 1. The molecule has 0 spiro atoms. The van der Waals surface area contributed by atoms with Crippen LogP contribution in [0.2, 0.25) is 5.02 Å². The summed E-state index contributed by atoms with van der Waals surface area (Å²) >= 11 is 6.34. The molecule has 0 aliphatic carbocycles. The molecule has 3 aromatic rings. The summed E-state index contributed by atoms with van der Waals surface area (Å²) in [4.78, 5) is 28.2. The molecule has 0 saturated carbocycles. The van der Waals surface area contributed by atoms with E-state index >= 15 is 0 Å². The fourth-order valence-corrected chi connectivity index (χ4v) is 5.55. The Labute approximate surface area is 241 Å². The Hall–Kier alpha value is -3.43. The highest BCUT2D eigenvalue weighted by Gasteiger charge is 2.33. The van der Waals surface area contributed by atoms with Crippen LogP contribution >= 0.6 is 11.6 Å². The molecule has 0 radical (unpaired) electrons. The average molecular weight is 588 g/mol. The van der Waals surface area contributed by atoms with Crippen LogP contribution < -0.4 is 9.62 Å². The number of amides is 2. The van der Waals surface area contributed by atoms with Gasteiger partial charge in [-0.2, -0.15) is 0 Å². The number of aryl methyl sites for hydroxylation is 2. The molecule has 7 nitrogen and oxygen atoms in total. The van der Waals surface area contributed by atoms with E-state index in [0.717, 1.165) is 15.4 Å². The highest BCUT2D eigenvalue weighted by molar-refractivity contribution is 7.92. The van der Waals surface area contributed by atoms with Gasteiger partial charge in [0.05, 0.1) is 10.6 Å². The summed E-state index contributed by atoms with van der Waals surface area (Å²) < 4.78 is 43.4. The van der Waals surface area contributed by atoms with Crippen molar-refractivity contribution in [1.29, 1.82) is 0 Å². The van der Waals surface area contributed by atoms with Crippen LogP contribution in [0, 0.1) is 19.7 Å². The molecule has 1 N–H and O–H groups in total. The molecular formula is C30H35ClFN3O4S. The van der Waals surface area contributed by atoms with E-state index in [-0.39, 0.29) is 22.7 Å². The third-order valence-electron chi connectivity index (χ3n) is 6.30. The first-order valence-electron chi connectivity index (χ1n) is 12.8. The minimum absolute atomic E-state index is 0.0122. The zero-order chi connectivity index (χ0) is 29.8. The summed E-state index contributed by atoms with van der Waals surface area (Å²) in [6, 6.07) is 15.9. The van der Waals surface area contributed by atoms with E-state index in [4.69, 9.17) is 11.6 Å². The van der Waals surface area contributed by atoms with Crippen LogP contribution in [0.4, 0.5) is 10.1 Å². The van der Waals surface area contributed by atoms with E-state index in [9.17, 15) is 22.4 Å². The first kappa shape index (κ1) is 31.1. The third kappa shape index (κ3) is 7.61. The lowest BCUT2D eigenvalue weighted by molar-refractivity contribution is -0.140. The Kier molecular flexibility index (Phi) is 9.64. The molecule has 3 aromatic carbocycles. The van der Waals surface area contributed by atoms with E-state index in [1.165, 1.54) is 48.2 Å². The van der Waals surface area contributed by atoms with Crippen LogP contribution in [0.15, 0.2) is 71.6 Å². The smallest absolute Gasteiger partial charge is 0.264 e. The molecule has 3 rings (SSSR count). The Morgan fingerprint density at radius 2 is 1.62 bits per heavy atom. The molecule has 0 saturated heterocycles. The van der Waals surface area contributed by atoms with Crippen molar-refractivity contribution >= 4 is 39.1 Å². The molecule has 0 aliphatic rings. The largest absolute Gasteiger partial charge is 0.350 e. The minimum Gasteiger partial charge on any atom is -0.350 e. The van der Waals surface area contributed by atoms with Gasteiger partial charge in [0.15, 0.2) is 0 Å². The number of carbonyl (C=O) groups excluding carboxylic acids is 2. The maximum atomic E-state index is 14.6. The molecule has 0 fully saturated rings. The number of carbonyl (C=O) groups is 2. The maximum absolute atomic E-state index is 14.6. The lowest BCUT2D eigenvalue weighted by Gasteiger charge is -2.33. The molecule has 0 heterocycles. The molecule has 0 aliphatic heterocycles. The normalized spacial score (nSPS) is 12.5. The Morgan fingerprint density at radius 3 is 2.20 bits per heavy atom. The molecule has 1 atom stereocenters. The summed E-state index contributed by atoms with van der Waals surface area (Å²) in [7, 11) is -4.23. The van der Waals surface area contributed by atoms with Crippen molar-refractivity contribution in [3.63, 3.8) is 0 Å². The number of nitrogens with one attached hydrogen (secondary N) is 1. The number of nitrogens with zero attached hydrogens (tertiary/aromatic N) is 2. The second kappa shape index (κ2) is 12.4. The standard InChI is InChI=1S/C30H35ClFN3O4S/c1-20-11-15-25(16-12-20)40(38,39)35(24-14-13-21(2)26(31)17-24)19-28(36)34(18-23-9-7-8-10-27(23)32)22(3)29(37)33-30(4,5)6/h7-17,22H,18-19H2,1-6H3,(H,33,37). The molecule has 10 heteroatoms. The van der Waals surface area contributed by atoms with E-state index in [1.807, 2.05) is 6.92 Å². The van der Waals surface area contributed by atoms with E-state index < -0.39 is 45.8 Å².